The Kier molecular flexibility index (Phi) is 6.10. The third-order valence-corrected chi connectivity index (χ3v) is 2.23. The van der Waals surface area contributed by atoms with E-state index in [-0.39, 0.29) is 6.10 Å². The first kappa shape index (κ1) is 14.4. The van der Waals surface area contributed by atoms with Gasteiger partial charge in [0, 0.05) is 6.54 Å². The molecule has 18 heavy (non-hydrogen) atoms. The number of ether oxygens (including phenoxy) is 2. The number of benzene rings is 1. The number of terminal acetylenes is 1. The van der Waals surface area contributed by atoms with Gasteiger partial charge in [0.1, 0.15) is 0 Å². The van der Waals surface area contributed by atoms with Crippen LogP contribution in [0.25, 0.3) is 0 Å². The molecule has 0 bridgehead atoms. The van der Waals surface area contributed by atoms with Crippen LogP contribution in [0.15, 0.2) is 18.2 Å². The van der Waals surface area contributed by atoms with Gasteiger partial charge in [-0.15, -0.1) is 6.42 Å². The molecule has 1 aromatic rings. The summed E-state index contributed by atoms with van der Waals surface area (Å²) in [5.41, 5.74) is 1.13. The standard InChI is InChI=1S/C15H21NO2/c1-5-9-16-11-13-7-8-14(18-12(3)4)15(10-13)17-6-2/h1,7-8,10,12,16H,6,9,11H2,2-4H3. The second kappa shape index (κ2) is 7.62. The predicted octanol–water partition coefficient (Wildman–Crippen LogP) is 2.60. The van der Waals surface area contributed by atoms with Crippen molar-refractivity contribution >= 4 is 0 Å². The molecular weight excluding hydrogens is 226 g/mol. The Morgan fingerprint density at radius 3 is 2.72 bits per heavy atom. The van der Waals surface area contributed by atoms with Gasteiger partial charge in [-0.25, -0.2) is 0 Å². The molecule has 1 aromatic carbocycles. The molecule has 0 aliphatic carbocycles. The molecule has 3 heteroatoms. The van der Waals surface area contributed by atoms with Crippen molar-refractivity contribution < 1.29 is 9.47 Å². The van der Waals surface area contributed by atoms with Crippen LogP contribution < -0.4 is 14.8 Å². The molecule has 0 spiro atoms. The van der Waals surface area contributed by atoms with Crippen LogP contribution in [0.1, 0.15) is 26.3 Å². The zero-order chi connectivity index (χ0) is 13.4. The molecule has 0 aliphatic heterocycles. The number of hydrogen-bond acceptors (Lipinski definition) is 3. The van der Waals surface area contributed by atoms with Gasteiger partial charge in [0.05, 0.1) is 19.3 Å². The third kappa shape index (κ3) is 4.68. The van der Waals surface area contributed by atoms with Crippen LogP contribution >= 0.6 is 0 Å². The van der Waals surface area contributed by atoms with Crippen molar-refractivity contribution in [2.75, 3.05) is 13.2 Å². The van der Waals surface area contributed by atoms with Gasteiger partial charge in [0.2, 0.25) is 0 Å². The molecule has 0 heterocycles. The Morgan fingerprint density at radius 1 is 1.33 bits per heavy atom. The first-order chi connectivity index (χ1) is 8.67. The molecule has 0 fully saturated rings. The van der Waals surface area contributed by atoms with Gasteiger partial charge < -0.3 is 14.8 Å². The molecule has 98 valence electrons. The molecular formula is C15H21NO2. The second-order valence-electron chi connectivity index (χ2n) is 4.19. The Bertz CT molecular complexity index is 407. The first-order valence-corrected chi connectivity index (χ1v) is 6.24. The molecule has 0 aliphatic rings. The van der Waals surface area contributed by atoms with Gasteiger partial charge in [-0.05, 0) is 38.5 Å². The van der Waals surface area contributed by atoms with E-state index < -0.39 is 0 Å². The fraction of sp³-hybridized carbons (Fsp3) is 0.467. The Labute approximate surface area is 109 Å². The summed E-state index contributed by atoms with van der Waals surface area (Å²) in [6.07, 6.45) is 5.33. The summed E-state index contributed by atoms with van der Waals surface area (Å²) in [6, 6.07) is 5.95. The highest BCUT2D eigenvalue weighted by atomic mass is 16.5. The summed E-state index contributed by atoms with van der Waals surface area (Å²) in [7, 11) is 0. The lowest BCUT2D eigenvalue weighted by molar-refractivity contribution is 0.223. The Balaban J connectivity index is 2.78. The molecule has 1 rings (SSSR count). The van der Waals surface area contributed by atoms with Crippen molar-refractivity contribution in [1.82, 2.24) is 5.32 Å². The van der Waals surface area contributed by atoms with Gasteiger partial charge in [-0.1, -0.05) is 12.0 Å². The quantitative estimate of drug-likeness (QED) is 0.593. The normalized spacial score (nSPS) is 10.2. The topological polar surface area (TPSA) is 30.5 Å². The van der Waals surface area contributed by atoms with Crippen molar-refractivity contribution in [2.24, 2.45) is 0 Å². The van der Waals surface area contributed by atoms with E-state index in [4.69, 9.17) is 15.9 Å². The number of rotatable bonds is 7. The minimum atomic E-state index is 0.134. The highest BCUT2D eigenvalue weighted by Crippen LogP contribution is 2.29. The van der Waals surface area contributed by atoms with Gasteiger partial charge >= 0.3 is 0 Å². The van der Waals surface area contributed by atoms with E-state index in [2.05, 4.69) is 11.2 Å². The summed E-state index contributed by atoms with van der Waals surface area (Å²) in [5, 5.41) is 3.15. The van der Waals surface area contributed by atoms with Crippen LogP contribution in [0.4, 0.5) is 0 Å². The lowest BCUT2D eigenvalue weighted by Gasteiger charge is -2.15. The van der Waals surface area contributed by atoms with Crippen LogP contribution in [0, 0.1) is 12.3 Å². The van der Waals surface area contributed by atoms with Gasteiger partial charge in [0.25, 0.3) is 0 Å². The van der Waals surface area contributed by atoms with Crippen LogP contribution in [0.3, 0.4) is 0 Å². The molecule has 1 N–H and O–H groups in total. The summed E-state index contributed by atoms with van der Waals surface area (Å²) in [6.45, 7) is 7.87. The monoisotopic (exact) mass is 247 g/mol. The largest absolute Gasteiger partial charge is 0.490 e. The lowest BCUT2D eigenvalue weighted by atomic mass is 10.2. The summed E-state index contributed by atoms with van der Waals surface area (Å²) < 4.78 is 11.3. The predicted molar refractivity (Wildman–Crippen MR) is 73.9 cm³/mol. The van der Waals surface area contributed by atoms with Crippen LogP contribution in [-0.4, -0.2) is 19.3 Å². The molecule has 0 saturated carbocycles. The zero-order valence-electron chi connectivity index (χ0n) is 11.3. The molecule has 0 aromatic heterocycles. The maximum absolute atomic E-state index is 5.70. The smallest absolute Gasteiger partial charge is 0.161 e. The fourth-order valence-electron chi connectivity index (χ4n) is 1.56. The van der Waals surface area contributed by atoms with E-state index in [1.165, 1.54) is 0 Å². The van der Waals surface area contributed by atoms with Crippen LogP contribution in [0.2, 0.25) is 0 Å². The average Bonchev–Trinajstić information content (AvgIpc) is 2.32. The zero-order valence-corrected chi connectivity index (χ0v) is 11.3. The molecule has 0 radical (unpaired) electrons. The Hall–Kier alpha value is -1.66. The number of hydrogen-bond donors (Lipinski definition) is 1. The molecule has 0 amide bonds. The maximum Gasteiger partial charge on any atom is 0.161 e. The summed E-state index contributed by atoms with van der Waals surface area (Å²) >= 11 is 0. The molecule has 3 nitrogen and oxygen atoms in total. The van der Waals surface area contributed by atoms with E-state index in [0.29, 0.717) is 13.2 Å². The SMILES string of the molecule is C#CCNCc1ccc(OC(C)C)c(OCC)c1. The van der Waals surface area contributed by atoms with Crippen LogP contribution in [-0.2, 0) is 6.54 Å². The van der Waals surface area contributed by atoms with E-state index in [1.54, 1.807) is 0 Å². The second-order valence-corrected chi connectivity index (χ2v) is 4.19. The number of nitrogens with one attached hydrogen (secondary N) is 1. The van der Waals surface area contributed by atoms with Gasteiger partial charge in [-0.3, -0.25) is 0 Å². The Morgan fingerprint density at radius 2 is 2.11 bits per heavy atom. The summed E-state index contributed by atoms with van der Waals surface area (Å²) in [4.78, 5) is 0. The third-order valence-electron chi connectivity index (χ3n) is 2.23. The van der Waals surface area contributed by atoms with Crippen molar-refractivity contribution in [1.29, 1.82) is 0 Å². The fourth-order valence-corrected chi connectivity index (χ4v) is 1.56. The van der Waals surface area contributed by atoms with E-state index >= 15 is 0 Å². The molecule has 0 saturated heterocycles. The van der Waals surface area contributed by atoms with Crippen LogP contribution in [0.5, 0.6) is 11.5 Å². The first-order valence-electron chi connectivity index (χ1n) is 6.24. The van der Waals surface area contributed by atoms with Crippen molar-refractivity contribution in [2.45, 2.75) is 33.4 Å². The van der Waals surface area contributed by atoms with Crippen molar-refractivity contribution in [3.05, 3.63) is 23.8 Å². The summed E-state index contributed by atoms with van der Waals surface area (Å²) in [5.74, 6) is 4.12. The average molecular weight is 247 g/mol. The van der Waals surface area contributed by atoms with E-state index in [1.807, 2.05) is 39.0 Å². The van der Waals surface area contributed by atoms with Gasteiger partial charge in [0.15, 0.2) is 11.5 Å². The highest BCUT2D eigenvalue weighted by molar-refractivity contribution is 5.43. The highest BCUT2D eigenvalue weighted by Gasteiger charge is 2.07. The van der Waals surface area contributed by atoms with E-state index in [0.717, 1.165) is 23.6 Å². The molecule has 0 unspecified atom stereocenters. The van der Waals surface area contributed by atoms with E-state index in [9.17, 15) is 0 Å². The minimum absolute atomic E-state index is 0.134. The lowest BCUT2D eigenvalue weighted by Crippen LogP contribution is -2.13. The minimum Gasteiger partial charge on any atom is -0.490 e. The van der Waals surface area contributed by atoms with Crippen molar-refractivity contribution in [3.8, 4) is 23.8 Å². The maximum atomic E-state index is 5.70. The molecule has 0 atom stereocenters. The van der Waals surface area contributed by atoms with Gasteiger partial charge in [-0.2, -0.15) is 0 Å². The van der Waals surface area contributed by atoms with Crippen molar-refractivity contribution in [3.63, 3.8) is 0 Å².